The van der Waals surface area contributed by atoms with E-state index in [-0.39, 0.29) is 12.8 Å². The van der Waals surface area contributed by atoms with Crippen LogP contribution in [0.5, 0.6) is 11.5 Å². The number of hydrogen-bond donors (Lipinski definition) is 1. The summed E-state index contributed by atoms with van der Waals surface area (Å²) in [7, 11) is 0. The van der Waals surface area contributed by atoms with Crippen LogP contribution in [-0.2, 0) is 0 Å². The number of hydrogen-bond acceptors (Lipinski definition) is 3. The van der Waals surface area contributed by atoms with Crippen LogP contribution < -0.4 is 19.7 Å². The first kappa shape index (κ1) is 17.7. The third kappa shape index (κ3) is 4.65. The number of para-hydroxylation sites is 2. The molecule has 0 unspecified atom stereocenters. The van der Waals surface area contributed by atoms with Crippen molar-refractivity contribution in [3.8, 4) is 11.5 Å². The standard InChI is InChI=1S/C19H24N2O3/c1-4-21(16-10-8-9-15(3)13-16)19(22)20-14-24-18-12-7-6-11-17(18)23-5-2/h6-13H,4-5,14H2,1-3H3,(H,20,22). The van der Waals surface area contributed by atoms with Crippen molar-refractivity contribution < 1.29 is 14.3 Å². The van der Waals surface area contributed by atoms with Crippen molar-refractivity contribution in [2.24, 2.45) is 0 Å². The Morgan fingerprint density at radius 3 is 2.38 bits per heavy atom. The third-order valence-electron chi connectivity index (χ3n) is 3.47. The van der Waals surface area contributed by atoms with Gasteiger partial charge in [-0.25, -0.2) is 4.79 Å². The summed E-state index contributed by atoms with van der Waals surface area (Å²) >= 11 is 0. The van der Waals surface area contributed by atoms with E-state index >= 15 is 0 Å². The van der Waals surface area contributed by atoms with Crippen molar-refractivity contribution in [1.29, 1.82) is 0 Å². The molecule has 0 atom stereocenters. The Kier molecular flexibility index (Phi) is 6.49. The molecule has 0 aromatic heterocycles. The van der Waals surface area contributed by atoms with Crippen molar-refractivity contribution in [3.05, 3.63) is 54.1 Å². The first-order chi connectivity index (χ1) is 11.7. The summed E-state index contributed by atoms with van der Waals surface area (Å²) in [5.74, 6) is 1.28. The zero-order chi connectivity index (χ0) is 17.4. The van der Waals surface area contributed by atoms with Crippen LogP contribution in [0.3, 0.4) is 0 Å². The van der Waals surface area contributed by atoms with E-state index in [1.54, 1.807) is 4.90 Å². The van der Waals surface area contributed by atoms with E-state index < -0.39 is 0 Å². The minimum Gasteiger partial charge on any atom is -0.490 e. The van der Waals surface area contributed by atoms with Crippen molar-refractivity contribution in [2.75, 3.05) is 24.8 Å². The van der Waals surface area contributed by atoms with Crippen LogP contribution in [0.25, 0.3) is 0 Å². The maximum atomic E-state index is 12.4. The second-order valence-corrected chi connectivity index (χ2v) is 5.23. The number of carbonyl (C=O) groups is 1. The predicted octanol–water partition coefficient (Wildman–Crippen LogP) is 3.97. The zero-order valence-electron chi connectivity index (χ0n) is 14.4. The topological polar surface area (TPSA) is 50.8 Å². The van der Waals surface area contributed by atoms with Gasteiger partial charge in [0.2, 0.25) is 0 Å². The lowest BCUT2D eigenvalue weighted by atomic mass is 10.2. The summed E-state index contributed by atoms with van der Waals surface area (Å²) in [6, 6.07) is 15.0. The van der Waals surface area contributed by atoms with Crippen LogP contribution >= 0.6 is 0 Å². The van der Waals surface area contributed by atoms with E-state index in [0.717, 1.165) is 11.3 Å². The fraction of sp³-hybridized carbons (Fsp3) is 0.316. The molecule has 24 heavy (non-hydrogen) atoms. The molecule has 128 valence electrons. The predicted molar refractivity (Wildman–Crippen MR) is 95.8 cm³/mol. The number of anilines is 1. The maximum absolute atomic E-state index is 12.4. The highest BCUT2D eigenvalue weighted by Gasteiger charge is 2.13. The lowest BCUT2D eigenvalue weighted by Gasteiger charge is -2.22. The number of nitrogens with one attached hydrogen (secondary N) is 1. The van der Waals surface area contributed by atoms with Gasteiger partial charge in [0.25, 0.3) is 0 Å². The number of aryl methyl sites for hydroxylation is 1. The van der Waals surface area contributed by atoms with Crippen molar-refractivity contribution >= 4 is 11.7 Å². The van der Waals surface area contributed by atoms with Gasteiger partial charge in [-0.1, -0.05) is 24.3 Å². The highest BCUT2D eigenvalue weighted by molar-refractivity contribution is 5.91. The lowest BCUT2D eigenvalue weighted by Crippen LogP contribution is -2.41. The van der Waals surface area contributed by atoms with Crippen molar-refractivity contribution in [1.82, 2.24) is 5.32 Å². The van der Waals surface area contributed by atoms with Gasteiger partial charge in [0, 0.05) is 12.2 Å². The molecular formula is C19H24N2O3. The van der Waals surface area contributed by atoms with Gasteiger partial charge in [-0.3, -0.25) is 4.90 Å². The molecule has 0 saturated carbocycles. The zero-order valence-corrected chi connectivity index (χ0v) is 14.4. The molecule has 0 saturated heterocycles. The number of nitrogens with zero attached hydrogens (tertiary/aromatic N) is 1. The average molecular weight is 328 g/mol. The fourth-order valence-electron chi connectivity index (χ4n) is 2.35. The van der Waals surface area contributed by atoms with Gasteiger partial charge < -0.3 is 14.8 Å². The van der Waals surface area contributed by atoms with E-state index in [0.29, 0.717) is 24.7 Å². The summed E-state index contributed by atoms with van der Waals surface area (Å²) < 4.78 is 11.1. The van der Waals surface area contributed by atoms with Crippen LogP contribution in [0.4, 0.5) is 10.5 Å². The summed E-state index contributed by atoms with van der Waals surface area (Å²) in [5, 5.41) is 2.78. The Morgan fingerprint density at radius 2 is 1.75 bits per heavy atom. The number of ether oxygens (including phenoxy) is 2. The number of rotatable bonds is 7. The quantitative estimate of drug-likeness (QED) is 0.783. The maximum Gasteiger partial charge on any atom is 0.324 e. The second kappa shape index (κ2) is 8.82. The highest BCUT2D eigenvalue weighted by Crippen LogP contribution is 2.26. The first-order valence-electron chi connectivity index (χ1n) is 8.12. The first-order valence-corrected chi connectivity index (χ1v) is 8.12. The van der Waals surface area contributed by atoms with Crippen LogP contribution in [0, 0.1) is 6.92 Å². The molecule has 0 heterocycles. The molecule has 1 N–H and O–H groups in total. The van der Waals surface area contributed by atoms with Crippen LogP contribution in [0.15, 0.2) is 48.5 Å². The molecule has 0 fully saturated rings. The Bertz CT molecular complexity index is 673. The lowest BCUT2D eigenvalue weighted by molar-refractivity contribution is 0.225. The molecule has 0 bridgehead atoms. The number of benzene rings is 2. The number of amides is 2. The Labute approximate surface area is 143 Å². The summed E-state index contributed by atoms with van der Waals surface area (Å²) in [6.45, 7) is 7.06. The molecule has 0 aliphatic heterocycles. The minimum absolute atomic E-state index is 0.0746. The van der Waals surface area contributed by atoms with Crippen LogP contribution in [0.1, 0.15) is 19.4 Å². The molecule has 2 aromatic rings. The van der Waals surface area contributed by atoms with Gasteiger partial charge in [0.05, 0.1) is 6.61 Å². The Balaban J connectivity index is 1.95. The minimum atomic E-state index is -0.197. The molecule has 0 radical (unpaired) electrons. The fourth-order valence-corrected chi connectivity index (χ4v) is 2.35. The van der Waals surface area contributed by atoms with E-state index in [1.165, 1.54) is 0 Å². The monoisotopic (exact) mass is 328 g/mol. The van der Waals surface area contributed by atoms with E-state index in [9.17, 15) is 4.79 Å². The SMILES string of the molecule is CCOc1ccccc1OCNC(=O)N(CC)c1cccc(C)c1. The molecule has 5 nitrogen and oxygen atoms in total. The van der Waals surface area contributed by atoms with Gasteiger partial charge in [-0.05, 0) is 50.6 Å². The molecule has 0 spiro atoms. The molecule has 5 heteroatoms. The van der Waals surface area contributed by atoms with E-state index in [4.69, 9.17) is 9.47 Å². The van der Waals surface area contributed by atoms with E-state index in [1.807, 2.05) is 69.3 Å². The molecule has 0 aliphatic carbocycles. The molecular weight excluding hydrogens is 304 g/mol. The van der Waals surface area contributed by atoms with Gasteiger partial charge in [-0.2, -0.15) is 0 Å². The summed E-state index contributed by atoms with van der Waals surface area (Å²) in [5.41, 5.74) is 1.98. The largest absolute Gasteiger partial charge is 0.490 e. The normalized spacial score (nSPS) is 10.1. The van der Waals surface area contributed by atoms with Crippen LogP contribution in [0.2, 0.25) is 0 Å². The highest BCUT2D eigenvalue weighted by atomic mass is 16.5. The summed E-state index contributed by atoms with van der Waals surface area (Å²) in [6.07, 6.45) is 0. The smallest absolute Gasteiger partial charge is 0.324 e. The summed E-state index contributed by atoms with van der Waals surface area (Å²) in [4.78, 5) is 14.1. The second-order valence-electron chi connectivity index (χ2n) is 5.23. The average Bonchev–Trinajstić information content (AvgIpc) is 2.57. The van der Waals surface area contributed by atoms with Gasteiger partial charge in [-0.15, -0.1) is 0 Å². The Hall–Kier alpha value is -2.69. The molecule has 0 aliphatic rings. The van der Waals surface area contributed by atoms with Crippen molar-refractivity contribution in [2.45, 2.75) is 20.8 Å². The number of carbonyl (C=O) groups excluding carboxylic acids is 1. The van der Waals surface area contributed by atoms with Crippen molar-refractivity contribution in [3.63, 3.8) is 0 Å². The Morgan fingerprint density at radius 1 is 1.04 bits per heavy atom. The van der Waals surface area contributed by atoms with Gasteiger partial charge >= 0.3 is 6.03 Å². The van der Waals surface area contributed by atoms with Crippen LogP contribution in [-0.4, -0.2) is 25.9 Å². The molecule has 2 rings (SSSR count). The molecule has 2 amide bonds. The molecule has 2 aromatic carbocycles. The van der Waals surface area contributed by atoms with E-state index in [2.05, 4.69) is 5.32 Å². The van der Waals surface area contributed by atoms with Gasteiger partial charge in [0.15, 0.2) is 18.2 Å². The third-order valence-corrected chi connectivity index (χ3v) is 3.47. The van der Waals surface area contributed by atoms with Gasteiger partial charge in [0.1, 0.15) is 0 Å². The number of urea groups is 1.